The summed E-state index contributed by atoms with van der Waals surface area (Å²) in [6.07, 6.45) is -0.307. The van der Waals surface area contributed by atoms with E-state index in [1.54, 1.807) is 7.11 Å². The zero-order chi connectivity index (χ0) is 25.4. The highest BCUT2D eigenvalue weighted by atomic mass is 16.5. The summed E-state index contributed by atoms with van der Waals surface area (Å²) in [4.78, 5) is 36.5. The second-order valence-corrected chi connectivity index (χ2v) is 9.58. The molecule has 0 aliphatic heterocycles. The Kier molecular flexibility index (Phi) is 8.87. The lowest BCUT2D eigenvalue weighted by molar-refractivity contribution is -0.137. The summed E-state index contributed by atoms with van der Waals surface area (Å²) in [6.45, 7) is 5.03. The quantitative estimate of drug-likeness (QED) is 0.422. The Hall–Kier alpha value is -3.39. The van der Waals surface area contributed by atoms with Crippen molar-refractivity contribution >= 4 is 18.0 Å². The van der Waals surface area contributed by atoms with E-state index in [0.717, 1.165) is 28.7 Å². The van der Waals surface area contributed by atoms with Gasteiger partial charge in [0.1, 0.15) is 12.6 Å². The third-order valence-corrected chi connectivity index (χ3v) is 6.32. The van der Waals surface area contributed by atoms with E-state index in [-0.39, 0.29) is 30.8 Å². The number of fused-ring (bicyclic) bond motifs is 3. The van der Waals surface area contributed by atoms with Gasteiger partial charge in [-0.3, -0.25) is 9.59 Å². The van der Waals surface area contributed by atoms with Crippen LogP contribution in [0.3, 0.4) is 0 Å². The van der Waals surface area contributed by atoms with E-state index < -0.39 is 24.0 Å². The van der Waals surface area contributed by atoms with Gasteiger partial charge in [0, 0.05) is 32.6 Å². The van der Waals surface area contributed by atoms with Crippen LogP contribution in [0.15, 0.2) is 48.5 Å². The van der Waals surface area contributed by atoms with E-state index in [9.17, 15) is 14.4 Å². The maximum Gasteiger partial charge on any atom is 0.407 e. The number of aliphatic carboxylic acids is 1. The van der Waals surface area contributed by atoms with Crippen LogP contribution in [0.2, 0.25) is 0 Å². The Balaban J connectivity index is 1.61. The third kappa shape index (κ3) is 7.05. The number of nitrogens with one attached hydrogen (secondary N) is 2. The van der Waals surface area contributed by atoms with Gasteiger partial charge >= 0.3 is 12.1 Å². The first-order valence-corrected chi connectivity index (χ1v) is 11.8. The van der Waals surface area contributed by atoms with Gasteiger partial charge < -0.3 is 25.2 Å². The molecule has 0 heterocycles. The number of rotatable bonds is 12. The first kappa shape index (κ1) is 26.2. The molecule has 8 nitrogen and oxygen atoms in total. The standard InChI is InChI=1S/C27H34N2O6/c1-27(2,14-15-34-3)17-28-25(32)23(12-13-24(30)31)29-26(33)35-16-22-20-10-6-4-8-18(20)19-9-5-7-11-21(19)22/h4-11,22-23H,12-17H2,1-3H3,(H,28,32)(H,29,33)(H,30,31). The molecule has 0 radical (unpaired) electrons. The van der Waals surface area contributed by atoms with Gasteiger partial charge in [0.05, 0.1) is 0 Å². The van der Waals surface area contributed by atoms with Crippen molar-refractivity contribution in [1.82, 2.24) is 10.6 Å². The van der Waals surface area contributed by atoms with Crippen molar-refractivity contribution in [3.63, 3.8) is 0 Å². The molecule has 0 saturated carbocycles. The van der Waals surface area contributed by atoms with Crippen LogP contribution < -0.4 is 10.6 Å². The van der Waals surface area contributed by atoms with Crippen LogP contribution in [-0.2, 0) is 19.1 Å². The van der Waals surface area contributed by atoms with Crippen LogP contribution in [0.1, 0.15) is 50.2 Å². The molecule has 0 saturated heterocycles. The maximum absolute atomic E-state index is 12.8. The van der Waals surface area contributed by atoms with Gasteiger partial charge in [0.15, 0.2) is 0 Å². The molecule has 3 rings (SSSR count). The molecular weight excluding hydrogens is 448 g/mol. The van der Waals surface area contributed by atoms with E-state index in [1.807, 2.05) is 50.2 Å². The zero-order valence-corrected chi connectivity index (χ0v) is 20.5. The van der Waals surface area contributed by atoms with Crippen molar-refractivity contribution in [1.29, 1.82) is 0 Å². The van der Waals surface area contributed by atoms with Gasteiger partial charge in [-0.15, -0.1) is 0 Å². The Morgan fingerprint density at radius 1 is 1.03 bits per heavy atom. The lowest BCUT2D eigenvalue weighted by Crippen LogP contribution is -2.49. The fraction of sp³-hybridized carbons (Fsp3) is 0.444. The van der Waals surface area contributed by atoms with Crippen molar-refractivity contribution in [2.75, 3.05) is 26.9 Å². The Bertz CT molecular complexity index is 1010. The summed E-state index contributed by atoms with van der Waals surface area (Å²) in [7, 11) is 1.62. The van der Waals surface area contributed by atoms with E-state index in [0.29, 0.717) is 13.2 Å². The molecule has 8 heteroatoms. The molecule has 2 aromatic rings. The number of methoxy groups -OCH3 is 1. The summed E-state index contributed by atoms with van der Waals surface area (Å²) in [5.74, 6) is -1.59. The molecular formula is C27H34N2O6. The van der Waals surface area contributed by atoms with Gasteiger partial charge in [-0.25, -0.2) is 4.79 Å². The summed E-state index contributed by atoms with van der Waals surface area (Å²) in [5, 5.41) is 14.5. The maximum atomic E-state index is 12.8. The first-order chi connectivity index (χ1) is 16.7. The molecule has 0 fully saturated rings. The number of benzene rings is 2. The van der Waals surface area contributed by atoms with Gasteiger partial charge in [-0.05, 0) is 40.5 Å². The number of hydrogen-bond donors (Lipinski definition) is 3. The molecule has 1 aliphatic carbocycles. The van der Waals surface area contributed by atoms with Gasteiger partial charge in [-0.2, -0.15) is 0 Å². The average molecular weight is 483 g/mol. The molecule has 0 spiro atoms. The fourth-order valence-corrected chi connectivity index (χ4v) is 4.24. The van der Waals surface area contributed by atoms with Crippen LogP contribution in [0.25, 0.3) is 11.1 Å². The molecule has 1 unspecified atom stereocenters. The molecule has 3 N–H and O–H groups in total. The number of alkyl carbamates (subject to hydrolysis) is 1. The molecule has 2 amide bonds. The van der Waals surface area contributed by atoms with Crippen LogP contribution in [-0.4, -0.2) is 56.0 Å². The number of hydrogen-bond acceptors (Lipinski definition) is 5. The average Bonchev–Trinajstić information content (AvgIpc) is 3.16. The number of ether oxygens (including phenoxy) is 2. The van der Waals surface area contributed by atoms with E-state index in [4.69, 9.17) is 14.6 Å². The minimum atomic E-state index is -1.04. The highest BCUT2D eigenvalue weighted by Crippen LogP contribution is 2.44. The SMILES string of the molecule is COCCC(C)(C)CNC(=O)C(CCC(=O)O)NC(=O)OCC1c2ccccc2-c2ccccc21. The number of carbonyl (C=O) groups is 3. The molecule has 0 bridgehead atoms. The van der Waals surface area contributed by atoms with Crippen LogP contribution in [0, 0.1) is 5.41 Å². The fourth-order valence-electron chi connectivity index (χ4n) is 4.24. The number of carbonyl (C=O) groups excluding carboxylic acids is 2. The lowest BCUT2D eigenvalue weighted by Gasteiger charge is -2.26. The Labute approximate surface area is 206 Å². The molecule has 35 heavy (non-hydrogen) atoms. The van der Waals surface area contributed by atoms with Crippen molar-refractivity contribution in [3.05, 3.63) is 59.7 Å². The highest BCUT2D eigenvalue weighted by Gasteiger charge is 2.30. The predicted octanol–water partition coefficient (Wildman–Crippen LogP) is 3.94. The van der Waals surface area contributed by atoms with E-state index in [1.165, 1.54) is 0 Å². The molecule has 0 aromatic heterocycles. The lowest BCUT2D eigenvalue weighted by atomic mass is 9.89. The topological polar surface area (TPSA) is 114 Å². The summed E-state index contributed by atoms with van der Waals surface area (Å²) in [5.41, 5.74) is 4.19. The smallest absolute Gasteiger partial charge is 0.407 e. The van der Waals surface area contributed by atoms with Crippen LogP contribution >= 0.6 is 0 Å². The van der Waals surface area contributed by atoms with Crippen molar-refractivity contribution < 1.29 is 29.0 Å². The third-order valence-electron chi connectivity index (χ3n) is 6.32. The minimum Gasteiger partial charge on any atom is -0.481 e. The van der Waals surface area contributed by atoms with Gasteiger partial charge in [0.25, 0.3) is 0 Å². The summed E-state index contributed by atoms with van der Waals surface area (Å²) >= 11 is 0. The van der Waals surface area contributed by atoms with E-state index >= 15 is 0 Å². The summed E-state index contributed by atoms with van der Waals surface area (Å²) < 4.78 is 10.6. The number of carboxylic acid groups (broad SMARTS) is 1. The van der Waals surface area contributed by atoms with E-state index in [2.05, 4.69) is 22.8 Å². The molecule has 2 aromatic carbocycles. The predicted molar refractivity (Wildman–Crippen MR) is 132 cm³/mol. The van der Waals surface area contributed by atoms with Gasteiger partial charge in [0.2, 0.25) is 5.91 Å². The molecule has 188 valence electrons. The van der Waals surface area contributed by atoms with Crippen LogP contribution in [0.4, 0.5) is 4.79 Å². The molecule has 1 aliphatic rings. The second kappa shape index (κ2) is 11.8. The Morgan fingerprint density at radius 2 is 1.63 bits per heavy atom. The van der Waals surface area contributed by atoms with Crippen molar-refractivity contribution in [2.24, 2.45) is 5.41 Å². The Morgan fingerprint density at radius 3 is 2.20 bits per heavy atom. The highest BCUT2D eigenvalue weighted by molar-refractivity contribution is 5.86. The van der Waals surface area contributed by atoms with Crippen molar-refractivity contribution in [3.8, 4) is 11.1 Å². The zero-order valence-electron chi connectivity index (χ0n) is 20.5. The monoisotopic (exact) mass is 482 g/mol. The normalized spacial score (nSPS) is 13.5. The van der Waals surface area contributed by atoms with Gasteiger partial charge in [-0.1, -0.05) is 62.4 Å². The molecule has 1 atom stereocenters. The number of carboxylic acids is 1. The second-order valence-electron chi connectivity index (χ2n) is 9.58. The minimum absolute atomic E-state index is 0.0378. The largest absolute Gasteiger partial charge is 0.481 e. The summed E-state index contributed by atoms with van der Waals surface area (Å²) in [6, 6.07) is 15.0. The number of amides is 2. The van der Waals surface area contributed by atoms with Crippen LogP contribution in [0.5, 0.6) is 0 Å². The first-order valence-electron chi connectivity index (χ1n) is 11.8. The van der Waals surface area contributed by atoms with Crippen molar-refractivity contribution in [2.45, 2.75) is 45.1 Å².